The van der Waals surface area contributed by atoms with E-state index in [1.165, 1.54) is 0 Å². The van der Waals surface area contributed by atoms with E-state index in [-0.39, 0.29) is 5.76 Å². The Labute approximate surface area is 169 Å². The van der Waals surface area contributed by atoms with Gasteiger partial charge in [-0.05, 0) is 62.0 Å². The van der Waals surface area contributed by atoms with Crippen LogP contribution < -0.4 is 10.9 Å². The second-order valence-corrected chi connectivity index (χ2v) is 6.64. The standard InChI is InChI=1S/C21H25N5O3/c1-4-25(5-2)14-18-10-11-19(29-18)21(28)24-23-20(27)16-6-8-17(9-7-16)26-13-15(3)12-22-26/h6-13H,4-5,14H2,1-3H3,(H,23,27)(H,24,28). The summed E-state index contributed by atoms with van der Waals surface area (Å²) in [4.78, 5) is 26.7. The summed E-state index contributed by atoms with van der Waals surface area (Å²) in [6.45, 7) is 8.52. The van der Waals surface area contributed by atoms with Crippen LogP contribution in [0.2, 0.25) is 0 Å². The third-order valence-corrected chi connectivity index (χ3v) is 4.55. The van der Waals surface area contributed by atoms with Crippen LogP contribution in [0.1, 0.15) is 46.1 Å². The van der Waals surface area contributed by atoms with Crippen molar-refractivity contribution >= 4 is 11.8 Å². The quantitative estimate of drug-likeness (QED) is 0.600. The maximum absolute atomic E-state index is 12.3. The minimum atomic E-state index is -0.507. The number of aryl methyl sites for hydroxylation is 1. The first-order valence-corrected chi connectivity index (χ1v) is 9.53. The topological polar surface area (TPSA) is 92.4 Å². The molecule has 0 aliphatic heterocycles. The van der Waals surface area contributed by atoms with Crippen molar-refractivity contribution in [2.45, 2.75) is 27.3 Å². The fraction of sp³-hybridized carbons (Fsp3) is 0.286. The number of nitrogens with one attached hydrogen (secondary N) is 2. The van der Waals surface area contributed by atoms with Crippen LogP contribution in [0.25, 0.3) is 5.69 Å². The van der Waals surface area contributed by atoms with Gasteiger partial charge < -0.3 is 4.42 Å². The monoisotopic (exact) mass is 395 g/mol. The molecule has 1 aromatic carbocycles. The maximum atomic E-state index is 12.3. The van der Waals surface area contributed by atoms with Crippen LogP contribution in [-0.4, -0.2) is 39.6 Å². The van der Waals surface area contributed by atoms with E-state index in [0.717, 1.165) is 24.3 Å². The molecule has 8 nitrogen and oxygen atoms in total. The zero-order chi connectivity index (χ0) is 20.8. The van der Waals surface area contributed by atoms with Crippen molar-refractivity contribution in [1.82, 2.24) is 25.5 Å². The Bertz CT molecular complexity index is 970. The SMILES string of the molecule is CCN(CC)Cc1ccc(C(=O)NNC(=O)c2ccc(-n3cc(C)cn3)cc2)o1. The van der Waals surface area contributed by atoms with Crippen molar-refractivity contribution in [1.29, 1.82) is 0 Å². The van der Waals surface area contributed by atoms with E-state index >= 15 is 0 Å². The predicted octanol–water partition coefficient (Wildman–Crippen LogP) is 2.69. The lowest BCUT2D eigenvalue weighted by Crippen LogP contribution is -2.41. The number of hydrazine groups is 1. The predicted molar refractivity (Wildman–Crippen MR) is 109 cm³/mol. The highest BCUT2D eigenvalue weighted by atomic mass is 16.4. The molecule has 29 heavy (non-hydrogen) atoms. The number of rotatable bonds is 7. The van der Waals surface area contributed by atoms with Gasteiger partial charge in [0.05, 0.1) is 18.4 Å². The Hall–Kier alpha value is -3.39. The lowest BCUT2D eigenvalue weighted by atomic mass is 10.2. The van der Waals surface area contributed by atoms with Crippen molar-refractivity contribution in [2.75, 3.05) is 13.1 Å². The minimum Gasteiger partial charge on any atom is -0.454 e. The number of hydrogen-bond donors (Lipinski definition) is 2. The molecule has 3 rings (SSSR count). The zero-order valence-electron chi connectivity index (χ0n) is 16.8. The van der Waals surface area contributed by atoms with Gasteiger partial charge >= 0.3 is 5.91 Å². The highest BCUT2D eigenvalue weighted by Crippen LogP contribution is 2.11. The van der Waals surface area contributed by atoms with E-state index < -0.39 is 11.8 Å². The Morgan fingerprint density at radius 1 is 1.03 bits per heavy atom. The molecule has 8 heteroatoms. The van der Waals surface area contributed by atoms with Gasteiger partial charge in [0.1, 0.15) is 5.76 Å². The normalized spacial score (nSPS) is 10.9. The Morgan fingerprint density at radius 3 is 2.34 bits per heavy atom. The largest absolute Gasteiger partial charge is 0.454 e. The van der Waals surface area contributed by atoms with Gasteiger partial charge in [-0.25, -0.2) is 4.68 Å². The van der Waals surface area contributed by atoms with E-state index in [4.69, 9.17) is 4.42 Å². The van der Waals surface area contributed by atoms with Crippen LogP contribution in [0.5, 0.6) is 0 Å². The minimum absolute atomic E-state index is 0.150. The average molecular weight is 395 g/mol. The molecule has 0 atom stereocenters. The number of nitrogens with zero attached hydrogens (tertiary/aromatic N) is 3. The molecule has 0 unspecified atom stereocenters. The van der Waals surface area contributed by atoms with Crippen LogP contribution in [0.3, 0.4) is 0 Å². The zero-order valence-corrected chi connectivity index (χ0v) is 16.8. The average Bonchev–Trinajstić information content (AvgIpc) is 3.39. The molecule has 0 spiro atoms. The van der Waals surface area contributed by atoms with Gasteiger partial charge in [-0.1, -0.05) is 13.8 Å². The lowest BCUT2D eigenvalue weighted by Gasteiger charge is -2.15. The van der Waals surface area contributed by atoms with Crippen LogP contribution in [0.4, 0.5) is 0 Å². The molecule has 152 valence electrons. The van der Waals surface area contributed by atoms with Gasteiger partial charge in [-0.15, -0.1) is 0 Å². The van der Waals surface area contributed by atoms with E-state index in [2.05, 4.69) is 34.7 Å². The van der Waals surface area contributed by atoms with Gasteiger partial charge in [0, 0.05) is 11.8 Å². The molecule has 0 aliphatic carbocycles. The number of carbonyl (C=O) groups is 2. The molecule has 0 aliphatic rings. The Morgan fingerprint density at radius 2 is 1.72 bits per heavy atom. The molecule has 0 saturated heterocycles. The van der Waals surface area contributed by atoms with Gasteiger partial charge in [0.15, 0.2) is 5.76 Å². The molecular weight excluding hydrogens is 370 g/mol. The summed E-state index contributed by atoms with van der Waals surface area (Å²) in [7, 11) is 0. The number of carbonyl (C=O) groups excluding carboxylic acids is 2. The van der Waals surface area contributed by atoms with E-state index in [1.54, 1.807) is 47.3 Å². The van der Waals surface area contributed by atoms with Crippen LogP contribution in [0, 0.1) is 6.92 Å². The molecule has 2 N–H and O–H groups in total. The molecule has 0 bridgehead atoms. The first-order valence-electron chi connectivity index (χ1n) is 9.53. The van der Waals surface area contributed by atoms with Gasteiger partial charge in [0.25, 0.3) is 5.91 Å². The van der Waals surface area contributed by atoms with Crippen molar-refractivity contribution in [3.05, 3.63) is 71.4 Å². The fourth-order valence-electron chi connectivity index (χ4n) is 2.82. The number of furan rings is 1. The van der Waals surface area contributed by atoms with Gasteiger partial charge in [-0.3, -0.25) is 25.3 Å². The summed E-state index contributed by atoms with van der Waals surface area (Å²) in [6, 6.07) is 10.3. The van der Waals surface area contributed by atoms with Crippen molar-refractivity contribution < 1.29 is 14.0 Å². The van der Waals surface area contributed by atoms with Crippen molar-refractivity contribution in [3.8, 4) is 5.69 Å². The second-order valence-electron chi connectivity index (χ2n) is 6.64. The number of hydrogen-bond acceptors (Lipinski definition) is 5. The number of benzene rings is 1. The van der Waals surface area contributed by atoms with Gasteiger partial charge in [-0.2, -0.15) is 5.10 Å². The summed E-state index contributed by atoms with van der Waals surface area (Å²) >= 11 is 0. The molecule has 2 amide bonds. The molecule has 3 aromatic rings. The smallest absolute Gasteiger partial charge is 0.305 e. The summed E-state index contributed by atoms with van der Waals surface area (Å²) in [5, 5.41) is 4.23. The fourth-order valence-corrected chi connectivity index (χ4v) is 2.82. The summed E-state index contributed by atoms with van der Waals surface area (Å²) in [6.07, 6.45) is 3.66. The maximum Gasteiger partial charge on any atom is 0.305 e. The molecule has 2 aromatic heterocycles. The van der Waals surface area contributed by atoms with Crippen LogP contribution >= 0.6 is 0 Å². The molecule has 0 saturated carbocycles. The number of amides is 2. The number of aromatic nitrogens is 2. The summed E-state index contributed by atoms with van der Waals surface area (Å²) in [5.74, 6) is -0.0734. The third kappa shape index (κ3) is 5.11. The van der Waals surface area contributed by atoms with E-state index in [0.29, 0.717) is 17.9 Å². The second kappa shape index (κ2) is 9.20. The summed E-state index contributed by atoms with van der Waals surface area (Å²) < 4.78 is 7.30. The Kier molecular flexibility index (Phi) is 6.46. The molecule has 0 fully saturated rings. The van der Waals surface area contributed by atoms with E-state index in [1.807, 2.05) is 13.1 Å². The highest BCUT2D eigenvalue weighted by molar-refractivity contribution is 5.98. The molecule has 0 radical (unpaired) electrons. The van der Waals surface area contributed by atoms with Crippen LogP contribution in [0.15, 0.2) is 53.2 Å². The van der Waals surface area contributed by atoms with E-state index in [9.17, 15) is 9.59 Å². The first kappa shape index (κ1) is 20.3. The first-order chi connectivity index (χ1) is 14.0. The molecular formula is C21H25N5O3. The highest BCUT2D eigenvalue weighted by Gasteiger charge is 2.14. The van der Waals surface area contributed by atoms with Crippen LogP contribution in [-0.2, 0) is 6.54 Å². The Balaban J connectivity index is 1.55. The third-order valence-electron chi connectivity index (χ3n) is 4.55. The van der Waals surface area contributed by atoms with Crippen molar-refractivity contribution in [2.24, 2.45) is 0 Å². The van der Waals surface area contributed by atoms with Crippen molar-refractivity contribution in [3.63, 3.8) is 0 Å². The lowest BCUT2D eigenvalue weighted by molar-refractivity contribution is 0.0829. The summed E-state index contributed by atoms with van der Waals surface area (Å²) in [5.41, 5.74) is 7.09. The molecule has 2 heterocycles. The van der Waals surface area contributed by atoms with Gasteiger partial charge in [0.2, 0.25) is 0 Å².